The smallest absolute Gasteiger partial charge is 0.262 e. The average molecular weight is 393 g/mol. The number of carbonyl (C=O) groups excluding carboxylic acids is 1. The highest BCUT2D eigenvalue weighted by Gasteiger charge is 2.26. The largest absolute Gasteiger partial charge is 0.495 e. The Hall–Kier alpha value is -2.19. The predicted molar refractivity (Wildman–Crippen MR) is 104 cm³/mol. The van der Waals surface area contributed by atoms with Crippen LogP contribution in [-0.2, 0) is 14.8 Å². The van der Waals surface area contributed by atoms with Crippen molar-refractivity contribution < 1.29 is 17.9 Å². The van der Waals surface area contributed by atoms with E-state index in [1.165, 1.54) is 31.0 Å². The van der Waals surface area contributed by atoms with E-state index in [1.54, 1.807) is 23.1 Å². The van der Waals surface area contributed by atoms with Gasteiger partial charge in [0.1, 0.15) is 5.75 Å². The zero-order valence-corrected chi connectivity index (χ0v) is 16.2. The molecule has 0 bridgehead atoms. The number of hydrogen-bond acceptors (Lipinski definition) is 5. The second-order valence-electron chi connectivity index (χ2n) is 5.79. The highest BCUT2D eigenvalue weighted by atomic mass is 32.2. The molecule has 6 nitrogen and oxygen atoms in total. The summed E-state index contributed by atoms with van der Waals surface area (Å²) in [6, 6.07) is 11.8. The maximum absolute atomic E-state index is 12.9. The van der Waals surface area contributed by atoms with Crippen LogP contribution in [0.5, 0.6) is 5.75 Å². The Kier molecular flexibility index (Phi) is 5.43. The number of carbonyl (C=O) groups is 1. The summed E-state index contributed by atoms with van der Waals surface area (Å²) in [4.78, 5) is 14.6. The minimum Gasteiger partial charge on any atom is -0.495 e. The van der Waals surface area contributed by atoms with Gasteiger partial charge in [0.25, 0.3) is 10.0 Å². The first-order valence-corrected chi connectivity index (χ1v) is 10.8. The van der Waals surface area contributed by atoms with Crippen molar-refractivity contribution in [2.75, 3.05) is 29.5 Å². The number of thioether (sulfide) groups is 1. The van der Waals surface area contributed by atoms with Gasteiger partial charge in [0, 0.05) is 17.9 Å². The van der Waals surface area contributed by atoms with Crippen molar-refractivity contribution in [2.45, 2.75) is 22.6 Å². The van der Waals surface area contributed by atoms with Crippen molar-refractivity contribution in [3.63, 3.8) is 0 Å². The number of anilines is 2. The van der Waals surface area contributed by atoms with Crippen LogP contribution in [0.3, 0.4) is 0 Å². The minimum absolute atomic E-state index is 0.0291. The zero-order valence-electron chi connectivity index (χ0n) is 14.6. The molecule has 8 heteroatoms. The summed E-state index contributed by atoms with van der Waals surface area (Å²) < 4.78 is 33.7. The van der Waals surface area contributed by atoms with E-state index < -0.39 is 10.0 Å². The first-order valence-electron chi connectivity index (χ1n) is 8.10. The molecule has 0 aromatic heterocycles. The summed E-state index contributed by atoms with van der Waals surface area (Å²) in [6.45, 7) is 0.557. The van der Waals surface area contributed by atoms with E-state index in [4.69, 9.17) is 4.74 Å². The second kappa shape index (κ2) is 7.59. The Balaban J connectivity index is 1.98. The summed E-state index contributed by atoms with van der Waals surface area (Å²) in [5.74, 6) is 0.447. The van der Waals surface area contributed by atoms with E-state index in [0.29, 0.717) is 30.1 Å². The van der Waals surface area contributed by atoms with Gasteiger partial charge in [0.2, 0.25) is 5.91 Å². The number of sulfonamides is 1. The quantitative estimate of drug-likeness (QED) is 0.763. The monoisotopic (exact) mass is 392 g/mol. The van der Waals surface area contributed by atoms with Gasteiger partial charge in [0.15, 0.2) is 0 Å². The molecule has 2 aromatic rings. The zero-order chi connectivity index (χ0) is 18.7. The van der Waals surface area contributed by atoms with Crippen LogP contribution >= 0.6 is 11.8 Å². The molecule has 3 rings (SSSR count). The van der Waals surface area contributed by atoms with Crippen LogP contribution in [0.1, 0.15) is 12.8 Å². The Labute approximate surface area is 157 Å². The fourth-order valence-corrected chi connectivity index (χ4v) is 4.60. The molecule has 0 spiro atoms. The lowest BCUT2D eigenvalue weighted by molar-refractivity contribution is -0.117. The van der Waals surface area contributed by atoms with Crippen LogP contribution < -0.4 is 14.4 Å². The van der Waals surface area contributed by atoms with Crippen LogP contribution in [0.4, 0.5) is 11.4 Å². The Morgan fingerprint density at radius 3 is 2.62 bits per heavy atom. The molecule has 1 saturated heterocycles. The van der Waals surface area contributed by atoms with Gasteiger partial charge in [-0.1, -0.05) is 12.1 Å². The molecule has 0 radical (unpaired) electrons. The molecule has 1 amide bonds. The molecular weight excluding hydrogens is 372 g/mol. The molecule has 1 aliphatic rings. The third kappa shape index (κ3) is 3.66. The number of nitrogens with one attached hydrogen (secondary N) is 1. The SMILES string of the molecule is COc1ccc(S(=O)(=O)Nc2ccccc2SC)cc1N1CCCC1=O. The van der Waals surface area contributed by atoms with Crippen molar-refractivity contribution in [2.24, 2.45) is 0 Å². The van der Waals surface area contributed by atoms with Gasteiger partial charge in [-0.3, -0.25) is 9.52 Å². The minimum atomic E-state index is -3.80. The van der Waals surface area contributed by atoms with Gasteiger partial charge in [0.05, 0.1) is 23.4 Å². The lowest BCUT2D eigenvalue weighted by Gasteiger charge is -2.20. The summed E-state index contributed by atoms with van der Waals surface area (Å²) in [6.07, 6.45) is 3.09. The highest BCUT2D eigenvalue weighted by Crippen LogP contribution is 2.34. The first kappa shape index (κ1) is 18.6. The van der Waals surface area contributed by atoms with E-state index in [9.17, 15) is 13.2 Å². The fourth-order valence-electron chi connectivity index (χ4n) is 2.88. The topological polar surface area (TPSA) is 75.7 Å². The van der Waals surface area contributed by atoms with Crippen LogP contribution in [0.2, 0.25) is 0 Å². The van der Waals surface area contributed by atoms with Crippen LogP contribution in [-0.4, -0.2) is 34.2 Å². The summed E-state index contributed by atoms with van der Waals surface area (Å²) in [5.41, 5.74) is 1.01. The van der Waals surface area contributed by atoms with Gasteiger partial charge in [-0.05, 0) is 43.0 Å². The van der Waals surface area contributed by atoms with Crippen LogP contribution in [0.25, 0.3) is 0 Å². The summed E-state index contributed by atoms with van der Waals surface area (Å²) in [5, 5.41) is 0. The molecule has 0 atom stereocenters. The van der Waals surface area contributed by atoms with Gasteiger partial charge in [-0.25, -0.2) is 8.42 Å². The standard InChI is InChI=1S/C18H20N2O4S2/c1-24-16-10-9-13(12-15(16)20-11-5-8-18(20)21)26(22,23)19-14-6-3-4-7-17(14)25-2/h3-4,6-7,9-10,12,19H,5,8,11H2,1-2H3. The summed E-state index contributed by atoms with van der Waals surface area (Å²) >= 11 is 1.46. The third-order valence-corrected chi connectivity index (χ3v) is 6.34. The maximum Gasteiger partial charge on any atom is 0.262 e. The number of rotatable bonds is 6. The number of ether oxygens (including phenoxy) is 1. The van der Waals surface area contributed by atoms with Gasteiger partial charge >= 0.3 is 0 Å². The predicted octanol–water partition coefficient (Wildman–Crippen LogP) is 3.34. The average Bonchev–Trinajstić information content (AvgIpc) is 3.07. The molecule has 2 aromatic carbocycles. The van der Waals surface area contributed by atoms with Crippen molar-refractivity contribution in [1.29, 1.82) is 0 Å². The van der Waals surface area contributed by atoms with E-state index in [-0.39, 0.29) is 10.8 Å². The highest BCUT2D eigenvalue weighted by molar-refractivity contribution is 7.99. The van der Waals surface area contributed by atoms with E-state index in [1.807, 2.05) is 18.4 Å². The van der Waals surface area contributed by atoms with Gasteiger partial charge in [-0.15, -0.1) is 11.8 Å². The maximum atomic E-state index is 12.9. The molecule has 0 saturated carbocycles. The van der Waals surface area contributed by atoms with E-state index >= 15 is 0 Å². The molecule has 138 valence electrons. The first-order chi connectivity index (χ1) is 12.5. The van der Waals surface area contributed by atoms with Crippen LogP contribution in [0.15, 0.2) is 52.3 Å². The second-order valence-corrected chi connectivity index (χ2v) is 8.32. The Morgan fingerprint density at radius 2 is 1.96 bits per heavy atom. The number of hydrogen-bond donors (Lipinski definition) is 1. The van der Waals surface area contributed by atoms with Crippen molar-refractivity contribution >= 4 is 39.1 Å². The fraction of sp³-hybridized carbons (Fsp3) is 0.278. The number of benzene rings is 2. The molecule has 0 aliphatic carbocycles. The van der Waals surface area contributed by atoms with Crippen LogP contribution in [0, 0.1) is 0 Å². The third-order valence-electron chi connectivity index (χ3n) is 4.18. The normalized spacial score (nSPS) is 14.5. The molecule has 0 unspecified atom stereocenters. The number of para-hydroxylation sites is 1. The summed E-state index contributed by atoms with van der Waals surface area (Å²) in [7, 11) is -2.30. The van der Waals surface area contributed by atoms with Crippen molar-refractivity contribution in [1.82, 2.24) is 0 Å². The molecule has 1 aliphatic heterocycles. The van der Waals surface area contributed by atoms with Crippen molar-refractivity contribution in [3.8, 4) is 5.75 Å². The Bertz CT molecular complexity index is 929. The van der Waals surface area contributed by atoms with Crippen molar-refractivity contribution in [3.05, 3.63) is 42.5 Å². The molecule has 1 fully saturated rings. The molecule has 1 heterocycles. The lowest BCUT2D eigenvalue weighted by atomic mass is 10.2. The number of methoxy groups -OCH3 is 1. The number of amides is 1. The van der Waals surface area contributed by atoms with Gasteiger partial charge in [-0.2, -0.15) is 0 Å². The van der Waals surface area contributed by atoms with E-state index in [0.717, 1.165) is 11.3 Å². The molecule has 1 N–H and O–H groups in total. The lowest BCUT2D eigenvalue weighted by Crippen LogP contribution is -2.25. The Morgan fingerprint density at radius 1 is 1.19 bits per heavy atom. The number of nitrogens with zero attached hydrogens (tertiary/aromatic N) is 1. The van der Waals surface area contributed by atoms with Gasteiger partial charge < -0.3 is 9.64 Å². The molecular formula is C18H20N2O4S2. The molecule has 26 heavy (non-hydrogen) atoms. The van der Waals surface area contributed by atoms with E-state index in [2.05, 4.69) is 4.72 Å².